The number of ether oxygens (including phenoxy) is 5. The van der Waals surface area contributed by atoms with Gasteiger partial charge in [-0.1, -0.05) is 115 Å². The molecule has 73 heavy (non-hydrogen) atoms. The van der Waals surface area contributed by atoms with Gasteiger partial charge in [0, 0.05) is 29.7 Å². The van der Waals surface area contributed by atoms with Crippen molar-refractivity contribution in [2.24, 2.45) is 22.7 Å². The zero-order valence-electron chi connectivity index (χ0n) is 43.5. The molecule has 17 heteroatoms. The lowest BCUT2D eigenvalue weighted by Gasteiger charge is -2.68. The molecule has 3 fully saturated rings. The maximum atomic E-state index is 16.1. The first-order valence-corrected chi connectivity index (χ1v) is 27.8. The number of hydrogen-bond donors (Lipinski definition) is 3. The maximum absolute atomic E-state index is 16.1. The minimum absolute atomic E-state index is 0.0349. The van der Waals surface area contributed by atoms with E-state index >= 15 is 9.59 Å². The van der Waals surface area contributed by atoms with Gasteiger partial charge in [-0.15, -0.1) is 0 Å². The Hall–Kier alpha value is -6.01. The van der Waals surface area contributed by atoms with Crippen molar-refractivity contribution in [3.05, 3.63) is 119 Å². The fourth-order valence-corrected chi connectivity index (χ4v) is 12.5. The van der Waals surface area contributed by atoms with Crippen molar-refractivity contribution in [1.29, 1.82) is 0 Å². The number of hydrogen-bond acceptors (Lipinski definition) is 14. The van der Waals surface area contributed by atoms with E-state index in [0.717, 1.165) is 0 Å². The van der Waals surface area contributed by atoms with Crippen LogP contribution >= 0.6 is 0 Å². The minimum atomic E-state index is -2.96. The van der Waals surface area contributed by atoms with Crippen molar-refractivity contribution in [3.63, 3.8) is 0 Å². The molecule has 392 valence electrons. The SMILES string of the molecule is CC(=O)O[C@@]12COC1C[C@H](C)[C@@]1(C)C(=O)[C@H](OC(=O)CCC(=O)O)C3=C(C)C(OC(=O)[C@H](O[Si](C)(C)C(C)(C)C)C(NC(=O)c4ccccc4)c4ccccc4)C[C@@](O)([C@@H](OC(=O)c4ccccc4)[C@@H]12)C3(C)C. The minimum Gasteiger partial charge on any atom is -0.481 e. The predicted molar refractivity (Wildman–Crippen MR) is 268 cm³/mol. The number of carbonyl (C=O) groups is 7. The molecule has 0 spiro atoms. The Labute approximate surface area is 427 Å². The molecule has 2 saturated carbocycles. The zero-order chi connectivity index (χ0) is 53.6. The Bertz CT molecular complexity index is 2650. The molecule has 7 rings (SSSR count). The van der Waals surface area contributed by atoms with Crippen LogP contribution in [0.5, 0.6) is 0 Å². The Balaban J connectivity index is 1.46. The van der Waals surface area contributed by atoms with Crippen LogP contribution in [0.3, 0.4) is 0 Å². The summed E-state index contributed by atoms with van der Waals surface area (Å²) >= 11 is 0. The van der Waals surface area contributed by atoms with Crippen molar-refractivity contribution in [3.8, 4) is 0 Å². The number of carboxylic acid groups (broad SMARTS) is 1. The molecule has 4 aliphatic rings. The molecule has 3 unspecified atom stereocenters. The van der Waals surface area contributed by atoms with Crippen LogP contribution in [0.2, 0.25) is 18.1 Å². The summed E-state index contributed by atoms with van der Waals surface area (Å²) in [5.41, 5.74) is -6.28. The van der Waals surface area contributed by atoms with Gasteiger partial charge in [0.1, 0.15) is 23.9 Å². The lowest BCUT2D eigenvalue weighted by molar-refractivity contribution is -0.340. The van der Waals surface area contributed by atoms with Gasteiger partial charge in [0.05, 0.1) is 37.0 Å². The molecule has 11 atom stereocenters. The highest BCUT2D eigenvalue weighted by atomic mass is 28.4. The third kappa shape index (κ3) is 10.0. The van der Waals surface area contributed by atoms with E-state index in [1.807, 2.05) is 33.9 Å². The van der Waals surface area contributed by atoms with Crippen LogP contribution in [-0.4, -0.2) is 108 Å². The molecule has 1 amide bonds. The molecule has 0 radical (unpaired) electrons. The zero-order valence-corrected chi connectivity index (χ0v) is 44.5. The monoisotopic (exact) mass is 1020 g/mol. The van der Waals surface area contributed by atoms with E-state index < -0.39 is 145 Å². The van der Waals surface area contributed by atoms with Gasteiger partial charge in [0.2, 0.25) is 0 Å². The smallest absolute Gasteiger partial charge is 0.338 e. The highest BCUT2D eigenvalue weighted by molar-refractivity contribution is 6.74. The third-order valence-electron chi connectivity index (χ3n) is 16.7. The van der Waals surface area contributed by atoms with E-state index in [1.54, 1.807) is 113 Å². The first kappa shape index (κ1) is 54.8. The van der Waals surface area contributed by atoms with Crippen molar-refractivity contribution in [2.75, 3.05) is 6.61 Å². The highest BCUT2D eigenvalue weighted by Gasteiger charge is 2.78. The molecule has 16 nitrogen and oxygen atoms in total. The fraction of sp³-hybridized carbons (Fsp3) is 0.518. The van der Waals surface area contributed by atoms with Gasteiger partial charge in [-0.25, -0.2) is 9.59 Å². The number of nitrogens with one attached hydrogen (secondary N) is 1. The first-order chi connectivity index (χ1) is 34.1. The molecule has 1 heterocycles. The standard InChI is InChI=1S/C56H69NO15Si/c1-32-29-39-55(31-67-39,71-34(3)58)46-48(70-50(64)37-25-19-14-20-26-37)56(66)30-38(33(2)42(53(56,7)8)44(47(62)54(32,46)9)69-41(61)28-27-40(59)60)68-51(65)45(72-73(10,11)52(4,5)6)43(35-21-15-12-16-22-35)57-49(63)36-23-17-13-18-24-36/h12-26,32,38-39,43-46,48,66H,27-31H2,1-11H3,(H,57,63)(H,59,60)/t32-,38?,39?,43?,44+,45+,46-,48-,54+,55-,56+/m0/s1. The molecular formula is C56H69NO15Si. The molecule has 3 aromatic carbocycles. The number of fused-ring (bicyclic) bond motifs is 5. The number of ketones is 1. The number of aliphatic hydroxyl groups is 1. The largest absolute Gasteiger partial charge is 0.481 e. The van der Waals surface area contributed by atoms with Gasteiger partial charge in [0.25, 0.3) is 5.91 Å². The molecule has 3 aromatic rings. The Morgan fingerprint density at radius 1 is 0.849 bits per heavy atom. The molecule has 3 aliphatic carbocycles. The normalized spacial score (nSPS) is 29.3. The van der Waals surface area contributed by atoms with Crippen molar-refractivity contribution < 1.29 is 71.9 Å². The van der Waals surface area contributed by atoms with Gasteiger partial charge in [-0.2, -0.15) is 0 Å². The third-order valence-corrected chi connectivity index (χ3v) is 21.1. The summed E-state index contributed by atoms with van der Waals surface area (Å²) in [5.74, 6) is -8.12. The number of rotatable bonds is 15. The van der Waals surface area contributed by atoms with E-state index in [0.29, 0.717) is 11.1 Å². The Morgan fingerprint density at radius 3 is 1.96 bits per heavy atom. The van der Waals surface area contributed by atoms with Crippen LogP contribution in [0.4, 0.5) is 0 Å². The fourth-order valence-electron chi connectivity index (χ4n) is 11.3. The highest BCUT2D eigenvalue weighted by Crippen LogP contribution is 2.66. The second-order valence-corrected chi connectivity index (χ2v) is 27.1. The number of carbonyl (C=O) groups excluding carboxylic acids is 6. The van der Waals surface area contributed by atoms with E-state index in [-0.39, 0.29) is 29.7 Å². The molecule has 3 N–H and O–H groups in total. The average molecular weight is 1020 g/mol. The lowest BCUT2D eigenvalue weighted by atomic mass is 9.43. The summed E-state index contributed by atoms with van der Waals surface area (Å²) < 4.78 is 38.9. The van der Waals surface area contributed by atoms with E-state index in [2.05, 4.69) is 5.32 Å². The first-order valence-electron chi connectivity index (χ1n) is 24.9. The predicted octanol–water partition coefficient (Wildman–Crippen LogP) is 7.89. The summed E-state index contributed by atoms with van der Waals surface area (Å²) in [6.45, 7) is 19.0. The van der Waals surface area contributed by atoms with Gasteiger partial charge in [-0.05, 0) is 78.4 Å². The summed E-state index contributed by atoms with van der Waals surface area (Å²) in [5, 5.41) is 26.4. The second kappa shape index (κ2) is 20.4. The van der Waals surface area contributed by atoms with Gasteiger partial charge >= 0.3 is 29.8 Å². The number of benzene rings is 3. The van der Waals surface area contributed by atoms with Crippen molar-refractivity contribution in [2.45, 2.75) is 154 Å². The van der Waals surface area contributed by atoms with Crippen LogP contribution < -0.4 is 5.32 Å². The quantitative estimate of drug-likeness (QED) is 0.0569. The number of aliphatic carboxylic acids is 1. The lowest BCUT2D eigenvalue weighted by Crippen LogP contribution is -2.81. The maximum Gasteiger partial charge on any atom is 0.338 e. The van der Waals surface area contributed by atoms with Crippen LogP contribution in [-0.2, 0) is 52.1 Å². The van der Waals surface area contributed by atoms with Crippen LogP contribution in [0.1, 0.15) is 120 Å². The molecule has 1 aliphatic heterocycles. The van der Waals surface area contributed by atoms with Gasteiger partial charge in [-0.3, -0.25) is 24.0 Å². The van der Waals surface area contributed by atoms with Gasteiger partial charge < -0.3 is 43.6 Å². The average Bonchev–Trinajstić information content (AvgIpc) is 3.33. The number of esters is 4. The van der Waals surface area contributed by atoms with E-state index in [4.69, 9.17) is 28.1 Å². The topological polar surface area (TPSA) is 227 Å². The van der Waals surface area contributed by atoms with Gasteiger partial charge in [0.15, 0.2) is 31.9 Å². The summed E-state index contributed by atoms with van der Waals surface area (Å²) in [7, 11) is -2.96. The van der Waals surface area contributed by atoms with Crippen LogP contribution in [0, 0.1) is 22.7 Å². The number of Topliss-reactive ketones (excluding diaryl/α,β-unsaturated/α-hetero) is 1. The molecule has 0 aromatic heterocycles. The van der Waals surface area contributed by atoms with Crippen LogP contribution in [0.15, 0.2) is 102 Å². The van der Waals surface area contributed by atoms with E-state index in [9.17, 15) is 34.2 Å². The molecule has 1 saturated heterocycles. The molecular weight excluding hydrogens is 955 g/mol. The summed E-state index contributed by atoms with van der Waals surface area (Å²) in [4.78, 5) is 99.5. The second-order valence-electron chi connectivity index (χ2n) is 22.4. The van der Waals surface area contributed by atoms with Crippen molar-refractivity contribution >= 4 is 49.9 Å². The number of carboxylic acids is 1. The van der Waals surface area contributed by atoms with Crippen LogP contribution in [0.25, 0.3) is 0 Å². The molecule has 2 bridgehead atoms. The van der Waals surface area contributed by atoms with Crippen molar-refractivity contribution in [1.82, 2.24) is 5.32 Å². The Kier molecular flexibility index (Phi) is 15.3. The summed E-state index contributed by atoms with van der Waals surface area (Å²) in [6, 6.07) is 24.2. The Morgan fingerprint density at radius 2 is 1.42 bits per heavy atom. The van der Waals surface area contributed by atoms with E-state index in [1.165, 1.54) is 19.1 Å². The summed E-state index contributed by atoms with van der Waals surface area (Å²) in [6.07, 6.45) is -8.94. The number of amides is 1.